The van der Waals surface area contributed by atoms with Gasteiger partial charge in [-0.3, -0.25) is 9.59 Å². The van der Waals surface area contributed by atoms with Crippen molar-refractivity contribution in [1.29, 1.82) is 0 Å². The van der Waals surface area contributed by atoms with Crippen LogP contribution in [0.5, 0.6) is 0 Å². The summed E-state index contributed by atoms with van der Waals surface area (Å²) >= 11 is 0. The van der Waals surface area contributed by atoms with Crippen molar-refractivity contribution in [1.82, 2.24) is 24.6 Å². The lowest BCUT2D eigenvalue weighted by molar-refractivity contribution is -0.129. The molecule has 4 rings (SSSR count). The van der Waals surface area contributed by atoms with Crippen LogP contribution in [0, 0.1) is 13.8 Å². The molecule has 0 bridgehead atoms. The highest BCUT2D eigenvalue weighted by atomic mass is 16.2. The maximum Gasteiger partial charge on any atom is 0.254 e. The van der Waals surface area contributed by atoms with Crippen molar-refractivity contribution in [2.45, 2.75) is 20.8 Å². The summed E-state index contributed by atoms with van der Waals surface area (Å²) in [6, 6.07) is 11.0. The topological polar surface area (TPSA) is 96.2 Å². The van der Waals surface area contributed by atoms with Gasteiger partial charge in [-0.2, -0.15) is 15.1 Å². The molecule has 0 saturated carbocycles. The van der Waals surface area contributed by atoms with E-state index < -0.39 is 0 Å². The van der Waals surface area contributed by atoms with Crippen LogP contribution in [-0.4, -0.2) is 63.0 Å². The summed E-state index contributed by atoms with van der Waals surface area (Å²) < 4.78 is 1.73. The minimum Gasteiger partial charge on any atom is -0.353 e. The fourth-order valence-corrected chi connectivity index (χ4v) is 3.62. The number of nitrogens with one attached hydrogen (secondary N) is 1. The highest BCUT2D eigenvalue weighted by molar-refractivity contribution is 5.76. The number of anilines is 3. The van der Waals surface area contributed by atoms with Gasteiger partial charge in [0, 0.05) is 56.1 Å². The van der Waals surface area contributed by atoms with Crippen molar-refractivity contribution < 1.29 is 9.59 Å². The van der Waals surface area contributed by atoms with Gasteiger partial charge in [0.1, 0.15) is 17.9 Å². The average molecular weight is 419 g/mol. The summed E-state index contributed by atoms with van der Waals surface area (Å²) in [6.45, 7) is 8.20. The lowest BCUT2D eigenvalue weighted by atomic mass is 10.2. The Hall–Kier alpha value is -3.75. The molecule has 3 aromatic rings. The van der Waals surface area contributed by atoms with Crippen molar-refractivity contribution in [2.75, 3.05) is 36.4 Å². The first kappa shape index (κ1) is 20.5. The van der Waals surface area contributed by atoms with Crippen LogP contribution in [0.1, 0.15) is 28.7 Å². The number of piperazine rings is 1. The van der Waals surface area contributed by atoms with Gasteiger partial charge in [0.15, 0.2) is 0 Å². The van der Waals surface area contributed by atoms with Gasteiger partial charge in [0.2, 0.25) is 5.91 Å². The molecular weight excluding hydrogens is 394 g/mol. The first-order valence-electron chi connectivity index (χ1n) is 10.2. The standard InChI is InChI=1S/C22H25N7O2/c1-15-12-16(2)29(26-15)22-24-20(23-19-6-4-18(14-30)5-7-19)13-21(25-22)28-10-8-27(9-11-28)17(3)31/h4-7,12-14H,8-11H2,1-3H3,(H,23,24,25). The molecule has 1 N–H and O–H groups in total. The first-order valence-corrected chi connectivity index (χ1v) is 10.2. The highest BCUT2D eigenvalue weighted by Gasteiger charge is 2.21. The number of aromatic nitrogens is 4. The van der Waals surface area contributed by atoms with Gasteiger partial charge in [0.05, 0.1) is 5.69 Å². The first-order chi connectivity index (χ1) is 14.9. The minimum atomic E-state index is 0.0896. The molecule has 1 aromatic carbocycles. The molecule has 0 spiro atoms. The lowest BCUT2D eigenvalue weighted by Gasteiger charge is -2.35. The molecule has 1 aliphatic rings. The molecule has 0 radical (unpaired) electrons. The second-order valence-corrected chi connectivity index (χ2v) is 7.61. The largest absolute Gasteiger partial charge is 0.353 e. The third-order valence-electron chi connectivity index (χ3n) is 5.27. The van der Waals surface area contributed by atoms with Crippen molar-refractivity contribution >= 4 is 29.5 Å². The minimum absolute atomic E-state index is 0.0896. The molecule has 9 heteroatoms. The van der Waals surface area contributed by atoms with Gasteiger partial charge >= 0.3 is 0 Å². The lowest BCUT2D eigenvalue weighted by Crippen LogP contribution is -2.48. The van der Waals surface area contributed by atoms with Crippen molar-refractivity contribution in [3.8, 4) is 5.95 Å². The Morgan fingerprint density at radius 3 is 2.32 bits per heavy atom. The van der Waals surface area contributed by atoms with Gasteiger partial charge < -0.3 is 15.1 Å². The number of aryl methyl sites for hydroxylation is 2. The van der Waals surface area contributed by atoms with Crippen LogP contribution in [0.4, 0.5) is 17.3 Å². The molecule has 31 heavy (non-hydrogen) atoms. The zero-order valence-corrected chi connectivity index (χ0v) is 17.9. The van der Waals surface area contributed by atoms with Crippen molar-refractivity contribution in [3.63, 3.8) is 0 Å². The maximum absolute atomic E-state index is 11.7. The van der Waals surface area contributed by atoms with E-state index in [2.05, 4.69) is 20.3 Å². The Bertz CT molecular complexity index is 1100. The molecule has 2 aromatic heterocycles. The van der Waals surface area contributed by atoms with Gasteiger partial charge in [-0.1, -0.05) is 0 Å². The molecule has 160 valence electrons. The van der Waals surface area contributed by atoms with Gasteiger partial charge in [0.25, 0.3) is 5.95 Å². The Balaban J connectivity index is 1.67. The number of carbonyl (C=O) groups excluding carboxylic acids is 2. The van der Waals surface area contributed by atoms with Crippen LogP contribution >= 0.6 is 0 Å². The molecular formula is C22H25N7O2. The summed E-state index contributed by atoms with van der Waals surface area (Å²) in [5.41, 5.74) is 3.26. The molecule has 0 atom stereocenters. The molecule has 0 aliphatic carbocycles. The van der Waals surface area contributed by atoms with E-state index in [4.69, 9.17) is 4.98 Å². The van der Waals surface area contributed by atoms with E-state index in [9.17, 15) is 9.59 Å². The molecule has 0 unspecified atom stereocenters. The Morgan fingerprint density at radius 2 is 1.74 bits per heavy atom. The summed E-state index contributed by atoms with van der Waals surface area (Å²) in [5.74, 6) is 1.96. The van der Waals surface area contributed by atoms with E-state index in [1.54, 1.807) is 23.7 Å². The SMILES string of the molecule is CC(=O)N1CCN(c2cc(Nc3ccc(C=O)cc3)nc(-n3nc(C)cc3C)n2)CC1. The number of amides is 1. The van der Waals surface area contributed by atoms with Crippen LogP contribution in [0.3, 0.4) is 0 Å². The molecule has 1 fully saturated rings. The van der Waals surface area contributed by atoms with Gasteiger partial charge in [-0.15, -0.1) is 0 Å². The number of carbonyl (C=O) groups is 2. The maximum atomic E-state index is 11.7. The molecule has 9 nitrogen and oxygen atoms in total. The quantitative estimate of drug-likeness (QED) is 0.635. The zero-order valence-electron chi connectivity index (χ0n) is 17.9. The fraction of sp³-hybridized carbons (Fsp3) is 0.318. The summed E-state index contributed by atoms with van der Waals surface area (Å²) in [4.78, 5) is 36.0. The number of hydrogen-bond donors (Lipinski definition) is 1. The van der Waals surface area contributed by atoms with E-state index in [-0.39, 0.29) is 5.91 Å². The summed E-state index contributed by atoms with van der Waals surface area (Å²) in [7, 11) is 0. The third kappa shape index (κ3) is 4.55. The van der Waals surface area contributed by atoms with E-state index in [0.717, 1.165) is 29.2 Å². The van der Waals surface area contributed by atoms with E-state index in [0.29, 0.717) is 43.5 Å². The van der Waals surface area contributed by atoms with Crippen LogP contribution in [-0.2, 0) is 4.79 Å². The van der Waals surface area contributed by atoms with Crippen LogP contribution in [0.15, 0.2) is 36.4 Å². The summed E-state index contributed by atoms with van der Waals surface area (Å²) in [6.07, 6.45) is 0.814. The van der Waals surface area contributed by atoms with E-state index >= 15 is 0 Å². The number of hydrogen-bond acceptors (Lipinski definition) is 7. The van der Waals surface area contributed by atoms with Gasteiger partial charge in [-0.05, 0) is 44.2 Å². The zero-order chi connectivity index (χ0) is 22.0. The molecule has 3 heterocycles. The van der Waals surface area contributed by atoms with Crippen molar-refractivity contribution in [3.05, 3.63) is 53.3 Å². The second kappa shape index (κ2) is 8.55. The molecule has 1 saturated heterocycles. The number of nitrogens with zero attached hydrogens (tertiary/aromatic N) is 6. The van der Waals surface area contributed by atoms with Crippen molar-refractivity contribution in [2.24, 2.45) is 0 Å². The Morgan fingerprint density at radius 1 is 1.03 bits per heavy atom. The van der Waals surface area contributed by atoms with Crippen LogP contribution in [0.2, 0.25) is 0 Å². The monoisotopic (exact) mass is 419 g/mol. The second-order valence-electron chi connectivity index (χ2n) is 7.61. The normalized spacial score (nSPS) is 13.9. The van der Waals surface area contributed by atoms with E-state index in [1.165, 1.54) is 0 Å². The van der Waals surface area contributed by atoms with Gasteiger partial charge in [-0.25, -0.2) is 4.68 Å². The third-order valence-corrected chi connectivity index (χ3v) is 5.27. The number of benzene rings is 1. The predicted octanol–water partition coefficient (Wildman–Crippen LogP) is 2.50. The number of rotatable bonds is 5. The highest BCUT2D eigenvalue weighted by Crippen LogP contribution is 2.23. The molecule has 1 amide bonds. The Labute approximate surface area is 180 Å². The van der Waals surface area contributed by atoms with E-state index in [1.807, 2.05) is 43.0 Å². The Kier molecular flexibility index (Phi) is 5.66. The number of aldehydes is 1. The molecule has 1 aliphatic heterocycles. The average Bonchev–Trinajstić information content (AvgIpc) is 3.12. The fourth-order valence-electron chi connectivity index (χ4n) is 3.62. The smallest absolute Gasteiger partial charge is 0.254 e. The predicted molar refractivity (Wildman–Crippen MR) is 118 cm³/mol. The summed E-state index contributed by atoms with van der Waals surface area (Å²) in [5, 5.41) is 7.83. The van der Waals surface area contributed by atoms with Crippen LogP contribution < -0.4 is 10.2 Å². The van der Waals surface area contributed by atoms with Crippen LogP contribution in [0.25, 0.3) is 5.95 Å².